The first-order chi connectivity index (χ1) is 5.90. The number of hydrogen-bond donors (Lipinski definition) is 0. The van der Waals surface area contributed by atoms with Gasteiger partial charge >= 0.3 is 0 Å². The van der Waals surface area contributed by atoms with Crippen LogP contribution in [0.1, 0.15) is 0 Å². The zero-order valence-corrected chi connectivity index (χ0v) is 10.5. The van der Waals surface area contributed by atoms with Gasteiger partial charge in [0.15, 0.2) is 0 Å². The van der Waals surface area contributed by atoms with Crippen LogP contribution in [0.3, 0.4) is 0 Å². The quantitative estimate of drug-likeness (QED) is 0.737. The summed E-state index contributed by atoms with van der Waals surface area (Å²) < 4.78 is 19.1. The molecule has 0 heterocycles. The molecule has 0 amide bonds. The molecule has 0 N–H and O–H groups in total. The third-order valence-electron chi connectivity index (χ3n) is 1.33. The van der Waals surface area contributed by atoms with Crippen LogP contribution in [-0.2, 0) is 0 Å². The van der Waals surface area contributed by atoms with Crippen LogP contribution in [0.15, 0.2) is 22.7 Å². The van der Waals surface area contributed by atoms with Gasteiger partial charge in [-0.3, -0.25) is 0 Å². The molecule has 1 aromatic rings. The smallest absolute Gasteiger partial charge is 0.242 e. The van der Waals surface area contributed by atoms with E-state index >= 15 is 0 Å². The molecule has 72 valence electrons. The second-order valence-corrected chi connectivity index (χ2v) is 8.99. The van der Waals surface area contributed by atoms with E-state index < -0.39 is 8.32 Å². The lowest BCUT2D eigenvalue weighted by Gasteiger charge is -2.20. The van der Waals surface area contributed by atoms with Crippen LogP contribution in [0.4, 0.5) is 4.39 Å². The lowest BCUT2D eigenvalue weighted by atomic mass is 10.3. The van der Waals surface area contributed by atoms with Gasteiger partial charge in [-0.1, -0.05) is 6.07 Å². The Hall–Kier alpha value is -0.353. The van der Waals surface area contributed by atoms with Gasteiger partial charge in [-0.05, 0) is 47.7 Å². The average molecular weight is 263 g/mol. The van der Waals surface area contributed by atoms with Crippen molar-refractivity contribution in [2.75, 3.05) is 0 Å². The Morgan fingerprint density at radius 3 is 2.46 bits per heavy atom. The highest BCUT2D eigenvalue weighted by atomic mass is 79.9. The molecule has 1 rings (SSSR count). The van der Waals surface area contributed by atoms with Gasteiger partial charge in [0.25, 0.3) is 0 Å². The van der Waals surface area contributed by atoms with E-state index in [0.717, 1.165) is 0 Å². The van der Waals surface area contributed by atoms with Crippen molar-refractivity contribution in [3.05, 3.63) is 28.5 Å². The van der Waals surface area contributed by atoms with Gasteiger partial charge in [0, 0.05) is 0 Å². The van der Waals surface area contributed by atoms with Crippen molar-refractivity contribution >= 4 is 24.2 Å². The monoisotopic (exact) mass is 262 g/mol. The molecular formula is C9H12BrFOSi. The molecule has 0 aliphatic carbocycles. The summed E-state index contributed by atoms with van der Waals surface area (Å²) in [4.78, 5) is 0. The van der Waals surface area contributed by atoms with Crippen molar-refractivity contribution in [3.8, 4) is 5.75 Å². The maximum atomic E-state index is 13.0. The SMILES string of the molecule is C[Si](C)(C)Oc1cccc(F)c1Br. The number of rotatable bonds is 2. The summed E-state index contributed by atoms with van der Waals surface area (Å²) in [6, 6.07) is 4.82. The molecule has 0 unspecified atom stereocenters. The molecule has 4 heteroatoms. The first-order valence-corrected chi connectivity index (χ1v) is 8.23. The van der Waals surface area contributed by atoms with Crippen molar-refractivity contribution in [1.82, 2.24) is 0 Å². The van der Waals surface area contributed by atoms with E-state index in [1.54, 1.807) is 12.1 Å². The number of halogens is 2. The second kappa shape index (κ2) is 3.80. The molecule has 0 aliphatic rings. The summed E-state index contributed by atoms with van der Waals surface area (Å²) in [5.41, 5.74) is 0. The third kappa shape index (κ3) is 3.12. The van der Waals surface area contributed by atoms with Crippen molar-refractivity contribution in [1.29, 1.82) is 0 Å². The van der Waals surface area contributed by atoms with E-state index in [9.17, 15) is 4.39 Å². The van der Waals surface area contributed by atoms with E-state index in [0.29, 0.717) is 10.2 Å². The van der Waals surface area contributed by atoms with E-state index in [1.165, 1.54) is 6.07 Å². The van der Waals surface area contributed by atoms with E-state index in [4.69, 9.17) is 4.43 Å². The first-order valence-electron chi connectivity index (χ1n) is 4.03. The normalized spacial score (nSPS) is 11.5. The van der Waals surface area contributed by atoms with Crippen LogP contribution in [-0.4, -0.2) is 8.32 Å². The Balaban J connectivity index is 2.96. The number of benzene rings is 1. The van der Waals surface area contributed by atoms with Crippen molar-refractivity contribution in [3.63, 3.8) is 0 Å². The minimum Gasteiger partial charge on any atom is -0.543 e. The van der Waals surface area contributed by atoms with Gasteiger partial charge in [-0.2, -0.15) is 0 Å². The fourth-order valence-electron chi connectivity index (χ4n) is 0.893. The molecule has 0 aliphatic heterocycles. The van der Waals surface area contributed by atoms with Gasteiger partial charge in [0.2, 0.25) is 8.32 Å². The Morgan fingerprint density at radius 2 is 1.92 bits per heavy atom. The van der Waals surface area contributed by atoms with Crippen molar-refractivity contribution in [2.45, 2.75) is 19.6 Å². The Morgan fingerprint density at radius 1 is 1.31 bits per heavy atom. The molecule has 13 heavy (non-hydrogen) atoms. The van der Waals surface area contributed by atoms with Gasteiger partial charge in [0.1, 0.15) is 11.6 Å². The summed E-state index contributed by atoms with van der Waals surface area (Å²) in [6.07, 6.45) is 0. The van der Waals surface area contributed by atoms with Crippen LogP contribution in [0.2, 0.25) is 19.6 Å². The summed E-state index contributed by atoms with van der Waals surface area (Å²) in [5.74, 6) is 0.315. The van der Waals surface area contributed by atoms with Gasteiger partial charge in [-0.15, -0.1) is 0 Å². The summed E-state index contributed by atoms with van der Waals surface area (Å²) in [7, 11) is -1.65. The van der Waals surface area contributed by atoms with Crippen molar-refractivity contribution in [2.24, 2.45) is 0 Å². The highest BCUT2D eigenvalue weighted by Gasteiger charge is 2.18. The summed E-state index contributed by atoms with van der Waals surface area (Å²) in [5, 5.41) is 0. The fraction of sp³-hybridized carbons (Fsp3) is 0.333. The molecule has 0 radical (unpaired) electrons. The van der Waals surface area contributed by atoms with Crippen LogP contribution in [0.25, 0.3) is 0 Å². The highest BCUT2D eigenvalue weighted by Crippen LogP contribution is 2.29. The zero-order chi connectivity index (χ0) is 10.1. The summed E-state index contributed by atoms with van der Waals surface area (Å²) in [6.45, 7) is 6.18. The van der Waals surface area contributed by atoms with Gasteiger partial charge in [0.05, 0.1) is 4.47 Å². The predicted molar refractivity (Wildman–Crippen MR) is 58.1 cm³/mol. The fourth-order valence-corrected chi connectivity index (χ4v) is 2.22. The topological polar surface area (TPSA) is 9.23 Å². The molecular weight excluding hydrogens is 251 g/mol. The van der Waals surface area contributed by atoms with Crippen LogP contribution < -0.4 is 4.43 Å². The van der Waals surface area contributed by atoms with Crippen LogP contribution in [0.5, 0.6) is 5.75 Å². The Kier molecular flexibility index (Phi) is 3.13. The van der Waals surface area contributed by atoms with Crippen molar-refractivity contribution < 1.29 is 8.82 Å². The second-order valence-electron chi connectivity index (χ2n) is 3.77. The molecule has 0 bridgehead atoms. The standard InChI is InChI=1S/C9H12BrFOSi/c1-13(2,3)12-8-6-4-5-7(11)9(8)10/h4-6H,1-3H3. The lowest BCUT2D eigenvalue weighted by Crippen LogP contribution is -2.29. The molecule has 0 saturated heterocycles. The number of hydrogen-bond acceptors (Lipinski definition) is 1. The molecule has 1 nitrogen and oxygen atoms in total. The van der Waals surface area contributed by atoms with Gasteiger partial charge in [-0.25, -0.2) is 4.39 Å². The minimum absolute atomic E-state index is 0.282. The molecule has 0 saturated carbocycles. The molecule has 0 aromatic heterocycles. The van der Waals surface area contributed by atoms with Gasteiger partial charge < -0.3 is 4.43 Å². The first kappa shape index (κ1) is 10.7. The Bertz CT molecular complexity index is 309. The molecule has 0 spiro atoms. The van der Waals surface area contributed by atoms with Crippen LogP contribution in [0, 0.1) is 5.82 Å². The minimum atomic E-state index is -1.65. The van der Waals surface area contributed by atoms with E-state index in [2.05, 4.69) is 35.6 Å². The average Bonchev–Trinajstić information content (AvgIpc) is 1.96. The third-order valence-corrected chi connectivity index (χ3v) is 2.93. The van der Waals surface area contributed by atoms with E-state index in [-0.39, 0.29) is 5.82 Å². The molecule has 0 fully saturated rings. The largest absolute Gasteiger partial charge is 0.543 e. The van der Waals surface area contributed by atoms with E-state index in [1.807, 2.05) is 0 Å². The maximum absolute atomic E-state index is 13.0. The molecule has 1 aromatic carbocycles. The van der Waals surface area contributed by atoms with Crippen LogP contribution >= 0.6 is 15.9 Å². The highest BCUT2D eigenvalue weighted by molar-refractivity contribution is 9.10. The molecule has 0 atom stereocenters. The lowest BCUT2D eigenvalue weighted by molar-refractivity contribution is 0.538. The maximum Gasteiger partial charge on any atom is 0.242 e. The zero-order valence-electron chi connectivity index (χ0n) is 7.90. The Labute approximate surface area is 87.2 Å². The summed E-state index contributed by atoms with van der Waals surface area (Å²) >= 11 is 3.16. The predicted octanol–water partition coefficient (Wildman–Crippen LogP) is 3.80.